The first-order valence-corrected chi connectivity index (χ1v) is 11.6. The van der Waals surface area contributed by atoms with Crippen LogP contribution in [0, 0.1) is 0 Å². The van der Waals surface area contributed by atoms with E-state index in [1.54, 1.807) is 22.7 Å². The molecule has 2 N–H and O–H groups in total. The number of anilines is 2. The summed E-state index contributed by atoms with van der Waals surface area (Å²) in [7, 11) is 0. The molecule has 0 spiro atoms. The van der Waals surface area contributed by atoms with Gasteiger partial charge < -0.3 is 10.4 Å². The SMILES string of the molecule is CC1(C)C(c2cc3c(Nc4ccc5scnc5c4)ccnc3s2)CCN1CCO. The van der Waals surface area contributed by atoms with Crippen LogP contribution in [0.25, 0.3) is 20.4 Å². The van der Waals surface area contributed by atoms with Gasteiger partial charge in [-0.1, -0.05) is 0 Å². The van der Waals surface area contributed by atoms with Crippen molar-refractivity contribution >= 4 is 54.5 Å². The molecular formula is C22H24N4OS2. The summed E-state index contributed by atoms with van der Waals surface area (Å²) in [5.74, 6) is 0.451. The lowest BCUT2D eigenvalue weighted by Crippen LogP contribution is -2.42. The van der Waals surface area contributed by atoms with Crippen LogP contribution in [-0.4, -0.2) is 45.2 Å². The molecule has 1 fully saturated rings. The number of aromatic nitrogens is 2. The highest BCUT2D eigenvalue weighted by Crippen LogP contribution is 2.46. The third-order valence-corrected chi connectivity index (χ3v) is 8.10. The van der Waals surface area contributed by atoms with Crippen LogP contribution in [0.3, 0.4) is 0 Å². The molecule has 0 aliphatic carbocycles. The van der Waals surface area contributed by atoms with Gasteiger partial charge in [0.2, 0.25) is 0 Å². The summed E-state index contributed by atoms with van der Waals surface area (Å²) in [4.78, 5) is 13.9. The van der Waals surface area contributed by atoms with E-state index in [0.717, 1.165) is 41.2 Å². The van der Waals surface area contributed by atoms with Crippen LogP contribution < -0.4 is 5.32 Å². The van der Waals surface area contributed by atoms with Gasteiger partial charge >= 0.3 is 0 Å². The normalized spacial score (nSPS) is 19.3. The van der Waals surface area contributed by atoms with E-state index in [4.69, 9.17) is 0 Å². The quantitative estimate of drug-likeness (QED) is 0.460. The van der Waals surface area contributed by atoms with Crippen LogP contribution in [0.15, 0.2) is 42.0 Å². The highest BCUT2D eigenvalue weighted by molar-refractivity contribution is 7.18. The Balaban J connectivity index is 1.48. The minimum absolute atomic E-state index is 0.0346. The van der Waals surface area contributed by atoms with Crippen molar-refractivity contribution in [2.24, 2.45) is 0 Å². The largest absolute Gasteiger partial charge is 0.395 e. The summed E-state index contributed by atoms with van der Waals surface area (Å²) in [5, 5.41) is 14.1. The number of β-amino-alcohol motifs (C(OH)–C–C–N with tert-alkyl or cyclic N) is 1. The number of nitrogens with one attached hydrogen (secondary N) is 1. The lowest BCUT2D eigenvalue weighted by atomic mass is 9.87. The predicted octanol–water partition coefficient (Wildman–Crippen LogP) is 5.21. The number of hydrogen-bond acceptors (Lipinski definition) is 7. The average Bonchev–Trinajstić information content (AvgIpc) is 3.39. The number of fused-ring (bicyclic) bond motifs is 2. The van der Waals surface area contributed by atoms with Gasteiger partial charge in [0.1, 0.15) is 4.83 Å². The minimum Gasteiger partial charge on any atom is -0.395 e. The zero-order valence-electron chi connectivity index (χ0n) is 16.6. The predicted molar refractivity (Wildman–Crippen MR) is 123 cm³/mol. The minimum atomic E-state index is 0.0346. The van der Waals surface area contributed by atoms with E-state index in [1.807, 2.05) is 17.8 Å². The van der Waals surface area contributed by atoms with Crippen LogP contribution in [0.1, 0.15) is 31.1 Å². The van der Waals surface area contributed by atoms with Crippen molar-refractivity contribution in [2.45, 2.75) is 31.7 Å². The number of hydrogen-bond donors (Lipinski definition) is 2. The number of rotatable bonds is 5. The Hall–Kier alpha value is -2.06. The summed E-state index contributed by atoms with van der Waals surface area (Å²) >= 11 is 3.45. The Bertz CT molecular complexity index is 1170. The molecule has 5 rings (SSSR count). The second-order valence-corrected chi connectivity index (χ2v) is 10.0. The standard InChI is InChI=1S/C22H24N4OS2/c1-22(2)16(6-8-26(22)9-10-27)20-12-15-17(5-7-23-21(15)29-20)25-14-3-4-19-18(11-14)24-13-28-19/h3-5,7,11-13,16,27H,6,8-10H2,1-2H3,(H,23,25). The molecule has 3 aromatic heterocycles. The van der Waals surface area contributed by atoms with Gasteiger partial charge in [-0.05, 0) is 57.1 Å². The van der Waals surface area contributed by atoms with Gasteiger partial charge in [0.25, 0.3) is 0 Å². The molecule has 150 valence electrons. The lowest BCUT2D eigenvalue weighted by Gasteiger charge is -2.35. The Morgan fingerprint density at radius 3 is 3.00 bits per heavy atom. The van der Waals surface area contributed by atoms with Crippen molar-refractivity contribution in [1.82, 2.24) is 14.9 Å². The van der Waals surface area contributed by atoms with Gasteiger partial charge in [-0.25, -0.2) is 9.97 Å². The maximum atomic E-state index is 9.40. The van der Waals surface area contributed by atoms with Crippen molar-refractivity contribution in [3.63, 3.8) is 0 Å². The Morgan fingerprint density at radius 2 is 2.14 bits per heavy atom. The van der Waals surface area contributed by atoms with Crippen LogP contribution in [0.2, 0.25) is 0 Å². The molecule has 7 heteroatoms. The first-order chi connectivity index (χ1) is 14.1. The summed E-state index contributed by atoms with van der Waals surface area (Å²) < 4.78 is 1.20. The number of aliphatic hydroxyl groups is 1. The zero-order chi connectivity index (χ0) is 20.0. The van der Waals surface area contributed by atoms with Crippen LogP contribution in [0.5, 0.6) is 0 Å². The number of nitrogens with zero attached hydrogens (tertiary/aromatic N) is 3. The van der Waals surface area contributed by atoms with Gasteiger partial charge in [-0.2, -0.15) is 0 Å². The van der Waals surface area contributed by atoms with E-state index in [-0.39, 0.29) is 12.1 Å². The maximum absolute atomic E-state index is 9.40. The molecule has 1 aliphatic rings. The van der Waals surface area contributed by atoms with E-state index < -0.39 is 0 Å². The molecule has 0 amide bonds. The number of thiazole rings is 1. The first-order valence-electron chi connectivity index (χ1n) is 9.91. The summed E-state index contributed by atoms with van der Waals surface area (Å²) in [6.07, 6.45) is 2.99. The fourth-order valence-corrected chi connectivity index (χ4v) is 6.49. The van der Waals surface area contributed by atoms with Crippen molar-refractivity contribution in [2.75, 3.05) is 25.0 Å². The molecule has 0 radical (unpaired) electrons. The molecule has 1 aromatic carbocycles. The molecular weight excluding hydrogens is 400 g/mol. The molecule has 4 heterocycles. The van der Waals surface area contributed by atoms with Gasteiger partial charge in [0.15, 0.2) is 0 Å². The third kappa shape index (κ3) is 3.32. The molecule has 1 atom stereocenters. The van der Waals surface area contributed by atoms with E-state index in [9.17, 15) is 5.11 Å². The third-order valence-electron chi connectivity index (χ3n) is 6.13. The lowest BCUT2D eigenvalue weighted by molar-refractivity contribution is 0.127. The van der Waals surface area contributed by atoms with Crippen LogP contribution >= 0.6 is 22.7 Å². The zero-order valence-corrected chi connectivity index (χ0v) is 18.2. The average molecular weight is 425 g/mol. The molecule has 0 saturated carbocycles. The molecule has 1 aliphatic heterocycles. The second kappa shape index (κ2) is 7.32. The highest BCUT2D eigenvalue weighted by atomic mass is 32.1. The fourth-order valence-electron chi connectivity index (χ4n) is 4.49. The number of likely N-dealkylation sites (tertiary alicyclic amines) is 1. The highest BCUT2D eigenvalue weighted by Gasteiger charge is 2.42. The fraction of sp³-hybridized carbons (Fsp3) is 0.364. The van der Waals surface area contributed by atoms with E-state index in [1.165, 1.54) is 15.0 Å². The summed E-state index contributed by atoms with van der Waals surface area (Å²) in [6.45, 7) is 6.56. The summed E-state index contributed by atoms with van der Waals surface area (Å²) in [6, 6.07) is 10.7. The number of pyridine rings is 1. The number of benzene rings is 1. The molecule has 1 saturated heterocycles. The topological polar surface area (TPSA) is 61.3 Å². The molecule has 5 nitrogen and oxygen atoms in total. The Kier molecular flexibility index (Phi) is 4.78. The number of thiophene rings is 1. The summed E-state index contributed by atoms with van der Waals surface area (Å²) in [5.41, 5.74) is 5.06. The van der Waals surface area contributed by atoms with Crippen molar-refractivity contribution < 1.29 is 5.11 Å². The Morgan fingerprint density at radius 1 is 1.24 bits per heavy atom. The molecule has 4 aromatic rings. The molecule has 29 heavy (non-hydrogen) atoms. The van der Waals surface area contributed by atoms with E-state index >= 15 is 0 Å². The van der Waals surface area contributed by atoms with Crippen LogP contribution in [-0.2, 0) is 0 Å². The first kappa shape index (κ1) is 18.9. The molecule has 1 unspecified atom stereocenters. The number of aliphatic hydroxyl groups excluding tert-OH is 1. The van der Waals surface area contributed by atoms with Crippen molar-refractivity contribution in [1.29, 1.82) is 0 Å². The monoisotopic (exact) mass is 424 g/mol. The van der Waals surface area contributed by atoms with E-state index in [2.05, 4.69) is 58.3 Å². The van der Waals surface area contributed by atoms with Gasteiger partial charge in [-0.15, -0.1) is 22.7 Å². The van der Waals surface area contributed by atoms with Gasteiger partial charge in [0, 0.05) is 40.1 Å². The van der Waals surface area contributed by atoms with Crippen molar-refractivity contribution in [3.05, 3.63) is 46.9 Å². The molecule has 0 bridgehead atoms. The maximum Gasteiger partial charge on any atom is 0.125 e. The van der Waals surface area contributed by atoms with Gasteiger partial charge in [0.05, 0.1) is 28.0 Å². The smallest absolute Gasteiger partial charge is 0.125 e. The van der Waals surface area contributed by atoms with E-state index in [0.29, 0.717) is 5.92 Å². The van der Waals surface area contributed by atoms with Gasteiger partial charge in [-0.3, -0.25) is 4.90 Å². The van der Waals surface area contributed by atoms with Crippen molar-refractivity contribution in [3.8, 4) is 0 Å². The Labute approximate surface area is 178 Å². The van der Waals surface area contributed by atoms with Crippen LogP contribution in [0.4, 0.5) is 11.4 Å². The second-order valence-electron chi connectivity index (χ2n) is 8.09.